The highest BCUT2D eigenvalue weighted by molar-refractivity contribution is 5.97. The third-order valence-corrected chi connectivity index (χ3v) is 6.41. The number of nitrogens with zero attached hydrogens (tertiary/aromatic N) is 4. The van der Waals surface area contributed by atoms with E-state index in [1.165, 1.54) is 44.3 Å². The number of fused-ring (bicyclic) bond motifs is 2. The van der Waals surface area contributed by atoms with Crippen LogP contribution in [-0.2, 0) is 0 Å². The fraction of sp³-hybridized carbons (Fsp3) is 0.167. The van der Waals surface area contributed by atoms with Crippen LogP contribution in [0.5, 0.6) is 0 Å². The van der Waals surface area contributed by atoms with Gasteiger partial charge in [-0.05, 0) is 45.8 Å². The van der Waals surface area contributed by atoms with Gasteiger partial charge in [0.05, 0.1) is 49.4 Å². The molecule has 0 amide bonds. The number of anilines is 4. The van der Waals surface area contributed by atoms with Crippen molar-refractivity contribution in [2.75, 3.05) is 46.3 Å². The zero-order chi connectivity index (χ0) is 18.2. The second kappa shape index (κ2) is 5.10. The van der Waals surface area contributed by atoms with Crippen LogP contribution in [0.15, 0.2) is 72.8 Å². The summed E-state index contributed by atoms with van der Waals surface area (Å²) in [4.78, 5) is 10.1. The van der Waals surface area contributed by atoms with E-state index >= 15 is 0 Å². The van der Waals surface area contributed by atoms with E-state index in [9.17, 15) is 0 Å². The van der Waals surface area contributed by atoms with Gasteiger partial charge in [-0.3, -0.25) is 0 Å². The van der Waals surface area contributed by atoms with E-state index in [1.54, 1.807) is 0 Å². The minimum Gasteiger partial charge on any atom is -0.334 e. The smallest absolute Gasteiger partial charge is 0.0939 e. The topological polar surface area (TPSA) is 13.0 Å². The van der Waals surface area contributed by atoms with E-state index in [0.717, 1.165) is 26.7 Å². The SMILES string of the molecule is c1ccc2cc3c(cc2c1)N1CN2CN3CN(C1)c1cc3ccccc3cc12. The summed E-state index contributed by atoms with van der Waals surface area (Å²) < 4.78 is 0. The first-order chi connectivity index (χ1) is 13.8. The van der Waals surface area contributed by atoms with Crippen molar-refractivity contribution in [1.29, 1.82) is 0 Å². The molecule has 4 aliphatic rings. The highest BCUT2D eigenvalue weighted by Crippen LogP contribution is 2.45. The largest absolute Gasteiger partial charge is 0.334 e. The van der Waals surface area contributed by atoms with Gasteiger partial charge >= 0.3 is 0 Å². The Bertz CT molecular complexity index is 1060. The molecule has 0 N–H and O–H groups in total. The normalized spacial score (nSPS) is 17.1. The van der Waals surface area contributed by atoms with E-state index in [2.05, 4.69) is 92.4 Å². The Morgan fingerprint density at radius 2 is 0.643 bits per heavy atom. The van der Waals surface area contributed by atoms with Crippen molar-refractivity contribution >= 4 is 44.3 Å². The lowest BCUT2D eigenvalue weighted by atomic mass is 10.1. The first-order valence-corrected chi connectivity index (χ1v) is 9.89. The standard InChI is InChI=1S/C24H20N4/c1-2-6-18-10-22-21(9-17(18)5-1)25-13-27-15-26(22)16-28(14-25)24-12-20-8-4-3-7-19(20)11-23(24)27/h1-12H,13-16H2. The molecule has 0 spiro atoms. The lowest BCUT2D eigenvalue weighted by Gasteiger charge is -2.33. The van der Waals surface area contributed by atoms with Gasteiger partial charge in [0.15, 0.2) is 0 Å². The van der Waals surface area contributed by atoms with Gasteiger partial charge in [0, 0.05) is 0 Å². The predicted octanol–water partition coefficient (Wildman–Crippen LogP) is 4.79. The summed E-state index contributed by atoms with van der Waals surface area (Å²) >= 11 is 0. The quantitative estimate of drug-likeness (QED) is 0.445. The zero-order valence-corrected chi connectivity index (χ0v) is 15.5. The van der Waals surface area contributed by atoms with E-state index < -0.39 is 0 Å². The molecule has 4 aromatic carbocycles. The summed E-state index contributed by atoms with van der Waals surface area (Å²) in [6.45, 7) is 3.68. The Morgan fingerprint density at radius 1 is 0.393 bits per heavy atom. The fourth-order valence-corrected chi connectivity index (χ4v) is 5.06. The fourth-order valence-electron chi connectivity index (χ4n) is 5.06. The minimum atomic E-state index is 0.920. The van der Waals surface area contributed by atoms with Gasteiger partial charge in [-0.25, -0.2) is 0 Å². The molecule has 0 fully saturated rings. The molecule has 0 radical (unpaired) electrons. The molecule has 28 heavy (non-hydrogen) atoms. The van der Waals surface area contributed by atoms with E-state index in [0.29, 0.717) is 0 Å². The Labute approximate surface area is 163 Å². The van der Waals surface area contributed by atoms with Crippen molar-refractivity contribution in [1.82, 2.24) is 0 Å². The van der Waals surface area contributed by atoms with E-state index in [-0.39, 0.29) is 0 Å². The molecule has 4 aliphatic heterocycles. The van der Waals surface area contributed by atoms with Crippen LogP contribution in [0.2, 0.25) is 0 Å². The summed E-state index contributed by atoms with van der Waals surface area (Å²) in [6, 6.07) is 26.9. The molecule has 0 atom stereocenters. The Kier molecular flexibility index (Phi) is 2.67. The minimum absolute atomic E-state index is 0.920. The van der Waals surface area contributed by atoms with Crippen molar-refractivity contribution in [2.24, 2.45) is 0 Å². The average Bonchev–Trinajstić information content (AvgIpc) is 3.09. The first kappa shape index (κ1) is 14.6. The third kappa shape index (κ3) is 1.89. The second-order valence-electron chi connectivity index (χ2n) is 8.10. The molecule has 4 nitrogen and oxygen atoms in total. The first-order valence-electron chi connectivity index (χ1n) is 9.89. The lowest BCUT2D eigenvalue weighted by molar-refractivity contribution is 0.659. The van der Waals surface area contributed by atoms with Crippen molar-refractivity contribution in [3.63, 3.8) is 0 Å². The van der Waals surface area contributed by atoms with Gasteiger partial charge in [0.25, 0.3) is 0 Å². The van der Waals surface area contributed by atoms with Crippen LogP contribution in [0, 0.1) is 0 Å². The summed E-state index contributed by atoms with van der Waals surface area (Å²) in [5.74, 6) is 0. The molecule has 4 heterocycles. The van der Waals surface area contributed by atoms with Gasteiger partial charge in [-0.15, -0.1) is 0 Å². The number of hydrogen-bond donors (Lipinski definition) is 0. The van der Waals surface area contributed by atoms with Crippen molar-refractivity contribution in [3.8, 4) is 0 Å². The number of rotatable bonds is 0. The number of hydrogen-bond acceptors (Lipinski definition) is 4. The van der Waals surface area contributed by atoms with Gasteiger partial charge < -0.3 is 19.6 Å². The highest BCUT2D eigenvalue weighted by atomic mass is 15.5. The van der Waals surface area contributed by atoms with Crippen molar-refractivity contribution in [2.45, 2.75) is 0 Å². The maximum atomic E-state index is 2.53. The van der Waals surface area contributed by atoms with Crippen LogP contribution < -0.4 is 19.6 Å². The van der Waals surface area contributed by atoms with Crippen molar-refractivity contribution in [3.05, 3.63) is 72.8 Å². The van der Waals surface area contributed by atoms with Gasteiger partial charge in [0.1, 0.15) is 0 Å². The Balaban J connectivity index is 1.46. The maximum absolute atomic E-state index is 2.53. The average molecular weight is 364 g/mol. The third-order valence-electron chi connectivity index (χ3n) is 6.41. The van der Waals surface area contributed by atoms with Gasteiger partial charge in [-0.2, -0.15) is 0 Å². The van der Waals surface area contributed by atoms with Crippen molar-refractivity contribution < 1.29 is 0 Å². The predicted molar refractivity (Wildman–Crippen MR) is 117 cm³/mol. The molecule has 4 bridgehead atoms. The Hall–Kier alpha value is -3.40. The second-order valence-corrected chi connectivity index (χ2v) is 8.10. The molecular weight excluding hydrogens is 344 g/mol. The zero-order valence-electron chi connectivity index (χ0n) is 15.5. The molecule has 0 aliphatic carbocycles. The summed E-state index contributed by atoms with van der Waals surface area (Å²) in [6.07, 6.45) is 0. The van der Waals surface area contributed by atoms with Crippen LogP contribution in [0.25, 0.3) is 21.5 Å². The van der Waals surface area contributed by atoms with Gasteiger partial charge in [0.2, 0.25) is 0 Å². The highest BCUT2D eigenvalue weighted by Gasteiger charge is 2.36. The summed E-state index contributed by atoms with van der Waals surface area (Å²) in [5.41, 5.74) is 5.39. The van der Waals surface area contributed by atoms with E-state index in [1.807, 2.05) is 0 Å². The molecule has 4 heteroatoms. The number of benzene rings is 4. The molecule has 0 unspecified atom stereocenters. The summed E-state index contributed by atoms with van der Waals surface area (Å²) in [5, 5.41) is 5.26. The van der Waals surface area contributed by atoms with Crippen LogP contribution in [0.3, 0.4) is 0 Å². The molecule has 0 aromatic heterocycles. The molecule has 136 valence electrons. The lowest BCUT2D eigenvalue weighted by Crippen LogP contribution is -2.48. The van der Waals surface area contributed by atoms with E-state index in [4.69, 9.17) is 0 Å². The van der Waals surface area contributed by atoms with Crippen LogP contribution >= 0.6 is 0 Å². The van der Waals surface area contributed by atoms with Crippen LogP contribution in [-0.4, -0.2) is 26.7 Å². The maximum Gasteiger partial charge on any atom is 0.0939 e. The van der Waals surface area contributed by atoms with Gasteiger partial charge in [-0.1, -0.05) is 48.5 Å². The monoisotopic (exact) mass is 364 g/mol. The summed E-state index contributed by atoms with van der Waals surface area (Å²) in [7, 11) is 0. The van der Waals surface area contributed by atoms with Crippen LogP contribution in [0.1, 0.15) is 0 Å². The molecular formula is C24H20N4. The molecule has 0 saturated heterocycles. The molecule has 0 saturated carbocycles. The van der Waals surface area contributed by atoms with Crippen LogP contribution in [0.4, 0.5) is 22.7 Å². The molecule has 8 rings (SSSR count). The Morgan fingerprint density at radius 3 is 0.893 bits per heavy atom. The molecule has 4 aromatic rings.